The SMILES string of the molecule is CCCOc1ccc(NC(C)CC2COCCN2)cc1. The largest absolute Gasteiger partial charge is 0.494 e. The fourth-order valence-corrected chi connectivity index (χ4v) is 2.41. The lowest BCUT2D eigenvalue weighted by Gasteiger charge is -2.27. The standard InChI is InChI=1S/C16H26N2O2/c1-3-9-20-16-6-4-14(5-7-16)18-13(2)11-15-12-19-10-8-17-15/h4-7,13,15,17-18H,3,8-12H2,1-2H3. The minimum atomic E-state index is 0.414. The fourth-order valence-electron chi connectivity index (χ4n) is 2.41. The summed E-state index contributed by atoms with van der Waals surface area (Å²) in [6, 6.07) is 9.06. The fraction of sp³-hybridized carbons (Fsp3) is 0.625. The van der Waals surface area contributed by atoms with Crippen molar-refractivity contribution in [2.24, 2.45) is 0 Å². The van der Waals surface area contributed by atoms with Gasteiger partial charge in [-0.15, -0.1) is 0 Å². The number of ether oxygens (including phenoxy) is 2. The Labute approximate surface area is 121 Å². The van der Waals surface area contributed by atoms with E-state index in [0.29, 0.717) is 12.1 Å². The second-order valence-corrected chi connectivity index (χ2v) is 5.38. The molecule has 1 fully saturated rings. The van der Waals surface area contributed by atoms with E-state index in [1.807, 2.05) is 12.1 Å². The van der Waals surface area contributed by atoms with Crippen molar-refractivity contribution in [3.8, 4) is 5.75 Å². The average molecular weight is 278 g/mol. The quantitative estimate of drug-likeness (QED) is 0.804. The van der Waals surface area contributed by atoms with Crippen molar-refractivity contribution in [3.63, 3.8) is 0 Å². The topological polar surface area (TPSA) is 42.5 Å². The van der Waals surface area contributed by atoms with E-state index >= 15 is 0 Å². The highest BCUT2D eigenvalue weighted by atomic mass is 16.5. The summed E-state index contributed by atoms with van der Waals surface area (Å²) in [4.78, 5) is 0. The molecule has 0 bridgehead atoms. The van der Waals surface area contributed by atoms with Crippen LogP contribution in [0.25, 0.3) is 0 Å². The zero-order valence-electron chi connectivity index (χ0n) is 12.5. The van der Waals surface area contributed by atoms with Gasteiger partial charge in [-0.2, -0.15) is 0 Å². The van der Waals surface area contributed by atoms with Crippen molar-refractivity contribution in [3.05, 3.63) is 24.3 Å². The van der Waals surface area contributed by atoms with Gasteiger partial charge < -0.3 is 20.1 Å². The first kappa shape index (κ1) is 15.1. The monoisotopic (exact) mass is 278 g/mol. The molecule has 4 heteroatoms. The van der Waals surface area contributed by atoms with Gasteiger partial charge >= 0.3 is 0 Å². The van der Waals surface area contributed by atoms with Crippen LogP contribution in [0.2, 0.25) is 0 Å². The van der Waals surface area contributed by atoms with Gasteiger partial charge in [-0.3, -0.25) is 0 Å². The van der Waals surface area contributed by atoms with E-state index in [4.69, 9.17) is 9.47 Å². The van der Waals surface area contributed by atoms with Crippen LogP contribution in [0.1, 0.15) is 26.7 Å². The summed E-state index contributed by atoms with van der Waals surface area (Å²) in [6.07, 6.45) is 2.10. The molecule has 1 heterocycles. The number of hydrogen-bond donors (Lipinski definition) is 2. The lowest BCUT2D eigenvalue weighted by atomic mass is 10.1. The number of rotatable bonds is 7. The van der Waals surface area contributed by atoms with Crippen LogP contribution in [0.4, 0.5) is 5.69 Å². The molecule has 2 atom stereocenters. The Balaban J connectivity index is 1.76. The second kappa shape index (κ2) is 8.12. The summed E-state index contributed by atoms with van der Waals surface area (Å²) in [7, 11) is 0. The highest BCUT2D eigenvalue weighted by Gasteiger charge is 2.16. The van der Waals surface area contributed by atoms with Gasteiger partial charge in [0.1, 0.15) is 5.75 Å². The maximum Gasteiger partial charge on any atom is 0.119 e. The Morgan fingerprint density at radius 3 is 2.85 bits per heavy atom. The van der Waals surface area contributed by atoms with Crippen LogP contribution < -0.4 is 15.4 Å². The first-order chi connectivity index (χ1) is 9.78. The van der Waals surface area contributed by atoms with Crippen molar-refractivity contribution in [2.75, 3.05) is 31.7 Å². The van der Waals surface area contributed by atoms with Gasteiger partial charge in [0.2, 0.25) is 0 Å². The molecule has 0 spiro atoms. The number of anilines is 1. The van der Waals surface area contributed by atoms with Gasteiger partial charge in [-0.25, -0.2) is 0 Å². The molecule has 2 unspecified atom stereocenters. The molecular formula is C16H26N2O2. The molecule has 112 valence electrons. The molecule has 2 rings (SSSR count). The van der Waals surface area contributed by atoms with Gasteiger partial charge in [-0.05, 0) is 44.0 Å². The molecule has 20 heavy (non-hydrogen) atoms. The zero-order chi connectivity index (χ0) is 14.2. The van der Waals surface area contributed by atoms with Crippen LogP contribution in [-0.2, 0) is 4.74 Å². The van der Waals surface area contributed by atoms with Crippen LogP contribution in [-0.4, -0.2) is 38.4 Å². The van der Waals surface area contributed by atoms with E-state index in [2.05, 4.69) is 36.6 Å². The van der Waals surface area contributed by atoms with Crippen molar-refractivity contribution in [1.82, 2.24) is 5.32 Å². The maximum absolute atomic E-state index is 5.58. The van der Waals surface area contributed by atoms with Crippen LogP contribution in [0.15, 0.2) is 24.3 Å². The van der Waals surface area contributed by atoms with Crippen LogP contribution >= 0.6 is 0 Å². The molecule has 1 aliphatic heterocycles. The Bertz CT molecular complexity index is 375. The first-order valence-electron chi connectivity index (χ1n) is 7.58. The van der Waals surface area contributed by atoms with Gasteiger partial charge in [-0.1, -0.05) is 6.92 Å². The van der Waals surface area contributed by atoms with Crippen molar-refractivity contribution in [1.29, 1.82) is 0 Å². The average Bonchev–Trinajstić information content (AvgIpc) is 2.47. The Hall–Kier alpha value is -1.26. The predicted molar refractivity (Wildman–Crippen MR) is 82.5 cm³/mol. The Kier molecular flexibility index (Phi) is 6.15. The van der Waals surface area contributed by atoms with E-state index in [1.165, 1.54) is 0 Å². The molecular weight excluding hydrogens is 252 g/mol. The van der Waals surface area contributed by atoms with Gasteiger partial charge in [0.25, 0.3) is 0 Å². The number of hydrogen-bond acceptors (Lipinski definition) is 4. The smallest absolute Gasteiger partial charge is 0.119 e. The van der Waals surface area contributed by atoms with Gasteiger partial charge in [0.05, 0.1) is 19.8 Å². The molecule has 0 aliphatic carbocycles. The normalized spacial score (nSPS) is 20.4. The van der Waals surface area contributed by atoms with Crippen LogP contribution in [0.5, 0.6) is 5.75 Å². The third kappa shape index (κ3) is 5.02. The van der Waals surface area contributed by atoms with Gasteiger partial charge in [0, 0.05) is 24.3 Å². The predicted octanol–water partition coefficient (Wildman–Crippen LogP) is 2.65. The molecule has 0 aromatic heterocycles. The lowest BCUT2D eigenvalue weighted by molar-refractivity contribution is 0.0731. The molecule has 0 radical (unpaired) electrons. The maximum atomic E-state index is 5.58. The molecule has 1 saturated heterocycles. The number of nitrogens with one attached hydrogen (secondary N) is 2. The Morgan fingerprint density at radius 1 is 1.40 bits per heavy atom. The third-order valence-corrected chi connectivity index (χ3v) is 3.38. The lowest BCUT2D eigenvalue weighted by Crippen LogP contribution is -2.43. The summed E-state index contributed by atoms with van der Waals surface area (Å²) in [5, 5.41) is 7.00. The van der Waals surface area contributed by atoms with Crippen LogP contribution in [0.3, 0.4) is 0 Å². The summed E-state index contributed by atoms with van der Waals surface area (Å²) < 4.78 is 11.1. The van der Waals surface area contributed by atoms with E-state index in [-0.39, 0.29) is 0 Å². The highest BCUT2D eigenvalue weighted by Crippen LogP contribution is 2.17. The van der Waals surface area contributed by atoms with Crippen LogP contribution in [0, 0.1) is 0 Å². The Morgan fingerprint density at radius 2 is 2.20 bits per heavy atom. The number of benzene rings is 1. The minimum absolute atomic E-state index is 0.414. The molecule has 1 aliphatic rings. The van der Waals surface area contributed by atoms with E-state index in [0.717, 1.165) is 50.6 Å². The summed E-state index contributed by atoms with van der Waals surface area (Å²) in [5.41, 5.74) is 1.14. The summed E-state index contributed by atoms with van der Waals surface area (Å²) in [5.74, 6) is 0.937. The van der Waals surface area contributed by atoms with E-state index < -0.39 is 0 Å². The van der Waals surface area contributed by atoms with E-state index in [1.54, 1.807) is 0 Å². The van der Waals surface area contributed by atoms with E-state index in [9.17, 15) is 0 Å². The third-order valence-electron chi connectivity index (χ3n) is 3.38. The first-order valence-corrected chi connectivity index (χ1v) is 7.58. The second-order valence-electron chi connectivity index (χ2n) is 5.38. The van der Waals surface area contributed by atoms with Gasteiger partial charge in [0.15, 0.2) is 0 Å². The summed E-state index contributed by atoms with van der Waals surface area (Å²) >= 11 is 0. The van der Waals surface area contributed by atoms with Crippen molar-refractivity contribution >= 4 is 5.69 Å². The molecule has 0 saturated carbocycles. The minimum Gasteiger partial charge on any atom is -0.494 e. The number of morpholine rings is 1. The molecule has 1 aromatic carbocycles. The molecule has 4 nitrogen and oxygen atoms in total. The zero-order valence-corrected chi connectivity index (χ0v) is 12.5. The molecule has 0 amide bonds. The summed E-state index contributed by atoms with van der Waals surface area (Å²) in [6.45, 7) is 7.70. The molecule has 2 N–H and O–H groups in total. The molecule has 1 aromatic rings. The van der Waals surface area contributed by atoms with Crippen molar-refractivity contribution < 1.29 is 9.47 Å². The van der Waals surface area contributed by atoms with Crippen molar-refractivity contribution in [2.45, 2.75) is 38.8 Å². The highest BCUT2D eigenvalue weighted by molar-refractivity contribution is 5.46.